The van der Waals surface area contributed by atoms with Crippen molar-refractivity contribution in [2.75, 3.05) is 0 Å². The monoisotopic (exact) mass is 214 g/mol. The largest absolute Gasteiger partial charge is 0.508 e. The molecule has 58 valence electrons. The molecule has 4 N–H and O–H groups in total. The zero-order chi connectivity index (χ0) is 8.43. The van der Waals surface area contributed by atoms with E-state index in [1.165, 1.54) is 12.1 Å². The highest BCUT2D eigenvalue weighted by Gasteiger charge is 2.02. The third kappa shape index (κ3) is 1.71. The van der Waals surface area contributed by atoms with Crippen LogP contribution in [0.5, 0.6) is 5.75 Å². The zero-order valence-electron chi connectivity index (χ0n) is 5.63. The number of nitrogens with two attached hydrogens (primary N) is 1. The van der Waals surface area contributed by atoms with Gasteiger partial charge in [0.2, 0.25) is 0 Å². The first-order valence-corrected chi connectivity index (χ1v) is 3.73. The smallest absolute Gasteiger partial charge is 0.124 e. The lowest BCUT2D eigenvalue weighted by Crippen LogP contribution is -2.11. The maximum Gasteiger partial charge on any atom is 0.124 e. The lowest BCUT2D eigenvalue weighted by Gasteiger charge is -2.01. The van der Waals surface area contributed by atoms with Gasteiger partial charge in [-0.1, -0.05) is 15.9 Å². The van der Waals surface area contributed by atoms with Crippen molar-refractivity contribution in [3.63, 3.8) is 0 Å². The standard InChI is InChI=1S/C7H7BrN2O/c8-6-2-1-4(11)3-5(6)7(9)10/h1-3,11H,(H3,9,10). The molecule has 1 aromatic carbocycles. The number of phenols is 1. The van der Waals surface area contributed by atoms with Crippen LogP contribution in [0.2, 0.25) is 0 Å². The third-order valence-electron chi connectivity index (χ3n) is 1.24. The second-order valence-corrected chi connectivity index (χ2v) is 2.93. The molecule has 11 heavy (non-hydrogen) atoms. The summed E-state index contributed by atoms with van der Waals surface area (Å²) < 4.78 is 0.711. The number of phenolic OH excluding ortho intramolecular Hbond substituents is 1. The van der Waals surface area contributed by atoms with Gasteiger partial charge < -0.3 is 10.8 Å². The summed E-state index contributed by atoms with van der Waals surface area (Å²) in [6.45, 7) is 0. The summed E-state index contributed by atoms with van der Waals surface area (Å²) in [5, 5.41) is 16.1. The summed E-state index contributed by atoms with van der Waals surface area (Å²) in [6.07, 6.45) is 0. The number of amidine groups is 1. The van der Waals surface area contributed by atoms with Crippen LogP contribution in [0, 0.1) is 5.41 Å². The van der Waals surface area contributed by atoms with Crippen LogP contribution in [-0.4, -0.2) is 10.9 Å². The molecule has 0 atom stereocenters. The highest BCUT2D eigenvalue weighted by molar-refractivity contribution is 9.10. The molecular weight excluding hydrogens is 208 g/mol. The van der Waals surface area contributed by atoms with E-state index in [2.05, 4.69) is 15.9 Å². The zero-order valence-corrected chi connectivity index (χ0v) is 7.22. The molecule has 0 aromatic heterocycles. The van der Waals surface area contributed by atoms with Crippen LogP contribution in [0.1, 0.15) is 5.56 Å². The first kappa shape index (κ1) is 8.07. The fraction of sp³-hybridized carbons (Fsp3) is 0. The Morgan fingerprint density at radius 1 is 1.55 bits per heavy atom. The molecule has 0 saturated carbocycles. The Morgan fingerprint density at radius 3 is 2.64 bits per heavy atom. The molecular formula is C7H7BrN2O. The van der Waals surface area contributed by atoms with Crippen LogP contribution < -0.4 is 5.73 Å². The van der Waals surface area contributed by atoms with Crippen LogP contribution >= 0.6 is 15.9 Å². The van der Waals surface area contributed by atoms with Crippen LogP contribution in [-0.2, 0) is 0 Å². The number of halogens is 1. The van der Waals surface area contributed by atoms with Crippen LogP contribution in [0.15, 0.2) is 22.7 Å². The van der Waals surface area contributed by atoms with E-state index in [1.807, 2.05) is 0 Å². The predicted octanol–water partition coefficient (Wildman–Crippen LogP) is 1.44. The fourth-order valence-electron chi connectivity index (χ4n) is 0.720. The van der Waals surface area contributed by atoms with Gasteiger partial charge in [0.15, 0.2) is 0 Å². The van der Waals surface area contributed by atoms with E-state index in [-0.39, 0.29) is 11.6 Å². The third-order valence-corrected chi connectivity index (χ3v) is 1.93. The molecule has 1 rings (SSSR count). The topological polar surface area (TPSA) is 70.1 Å². The van der Waals surface area contributed by atoms with Gasteiger partial charge in [-0.2, -0.15) is 0 Å². The summed E-state index contributed by atoms with van der Waals surface area (Å²) in [6, 6.07) is 4.61. The molecule has 1 aromatic rings. The van der Waals surface area contributed by atoms with Crippen molar-refractivity contribution in [1.29, 1.82) is 5.41 Å². The van der Waals surface area contributed by atoms with Gasteiger partial charge in [-0.25, -0.2) is 0 Å². The Bertz CT molecular complexity index is 298. The van der Waals surface area contributed by atoms with Crippen molar-refractivity contribution < 1.29 is 5.11 Å². The summed E-state index contributed by atoms with van der Waals surface area (Å²) in [4.78, 5) is 0. The quantitative estimate of drug-likeness (QED) is 0.490. The number of nitrogens with one attached hydrogen (secondary N) is 1. The molecule has 0 unspecified atom stereocenters. The van der Waals surface area contributed by atoms with Crippen molar-refractivity contribution in [2.24, 2.45) is 5.73 Å². The van der Waals surface area contributed by atoms with E-state index in [0.29, 0.717) is 10.0 Å². The van der Waals surface area contributed by atoms with Gasteiger partial charge in [0, 0.05) is 10.0 Å². The molecule has 0 aliphatic carbocycles. The maximum absolute atomic E-state index is 9.01. The molecule has 0 aliphatic heterocycles. The minimum absolute atomic E-state index is 0.0622. The average molecular weight is 215 g/mol. The van der Waals surface area contributed by atoms with Gasteiger partial charge in [0.05, 0.1) is 0 Å². The Labute approximate surface area is 72.5 Å². The second kappa shape index (κ2) is 2.92. The van der Waals surface area contributed by atoms with Crippen LogP contribution in [0.25, 0.3) is 0 Å². The molecule has 0 amide bonds. The Hall–Kier alpha value is -1.03. The van der Waals surface area contributed by atoms with Gasteiger partial charge in [-0.3, -0.25) is 5.41 Å². The van der Waals surface area contributed by atoms with Crippen molar-refractivity contribution in [1.82, 2.24) is 0 Å². The molecule has 0 saturated heterocycles. The van der Waals surface area contributed by atoms with Crippen LogP contribution in [0.4, 0.5) is 0 Å². The van der Waals surface area contributed by atoms with Crippen molar-refractivity contribution in [3.8, 4) is 5.75 Å². The minimum Gasteiger partial charge on any atom is -0.508 e. The van der Waals surface area contributed by atoms with E-state index < -0.39 is 0 Å². The Kier molecular flexibility index (Phi) is 2.14. The maximum atomic E-state index is 9.01. The molecule has 0 bridgehead atoms. The highest BCUT2D eigenvalue weighted by Crippen LogP contribution is 2.20. The number of rotatable bonds is 1. The first-order valence-electron chi connectivity index (χ1n) is 2.94. The lowest BCUT2D eigenvalue weighted by molar-refractivity contribution is 0.475. The molecule has 4 heteroatoms. The van der Waals surface area contributed by atoms with Gasteiger partial charge in [-0.15, -0.1) is 0 Å². The van der Waals surface area contributed by atoms with Crippen molar-refractivity contribution in [3.05, 3.63) is 28.2 Å². The molecule has 3 nitrogen and oxygen atoms in total. The first-order chi connectivity index (χ1) is 5.11. The minimum atomic E-state index is -0.0622. The molecule has 0 spiro atoms. The number of hydrogen-bond donors (Lipinski definition) is 3. The number of benzene rings is 1. The molecule has 0 heterocycles. The average Bonchev–Trinajstić information content (AvgIpc) is 1.94. The number of aromatic hydroxyl groups is 1. The van der Waals surface area contributed by atoms with Gasteiger partial charge in [0.25, 0.3) is 0 Å². The molecule has 0 radical (unpaired) electrons. The van der Waals surface area contributed by atoms with E-state index in [0.717, 1.165) is 0 Å². The lowest BCUT2D eigenvalue weighted by atomic mass is 10.2. The Morgan fingerprint density at radius 2 is 2.18 bits per heavy atom. The van der Waals surface area contributed by atoms with Gasteiger partial charge >= 0.3 is 0 Å². The van der Waals surface area contributed by atoms with Crippen LogP contribution in [0.3, 0.4) is 0 Å². The normalized spacial score (nSPS) is 9.55. The van der Waals surface area contributed by atoms with E-state index in [4.69, 9.17) is 16.2 Å². The van der Waals surface area contributed by atoms with Gasteiger partial charge in [-0.05, 0) is 18.2 Å². The fourth-order valence-corrected chi connectivity index (χ4v) is 1.18. The van der Waals surface area contributed by atoms with Crippen molar-refractivity contribution in [2.45, 2.75) is 0 Å². The SMILES string of the molecule is N=C(N)c1cc(O)ccc1Br. The number of nitrogen functional groups attached to an aromatic ring is 1. The van der Waals surface area contributed by atoms with Gasteiger partial charge in [0.1, 0.15) is 11.6 Å². The highest BCUT2D eigenvalue weighted by atomic mass is 79.9. The summed E-state index contributed by atoms with van der Waals surface area (Å²) >= 11 is 3.20. The Balaban J connectivity index is 3.23. The molecule has 0 fully saturated rings. The van der Waals surface area contributed by atoms with E-state index in [1.54, 1.807) is 6.07 Å². The summed E-state index contributed by atoms with van der Waals surface area (Å²) in [5.74, 6) is 0.0474. The summed E-state index contributed by atoms with van der Waals surface area (Å²) in [7, 11) is 0. The predicted molar refractivity (Wildman–Crippen MR) is 46.8 cm³/mol. The molecule has 0 aliphatic rings. The second-order valence-electron chi connectivity index (χ2n) is 2.08. The summed E-state index contributed by atoms with van der Waals surface area (Å²) in [5.41, 5.74) is 5.73. The van der Waals surface area contributed by atoms with Crippen molar-refractivity contribution >= 4 is 21.8 Å². The number of hydrogen-bond acceptors (Lipinski definition) is 2. The van der Waals surface area contributed by atoms with E-state index in [9.17, 15) is 0 Å². The van der Waals surface area contributed by atoms with E-state index >= 15 is 0 Å².